The minimum atomic E-state index is 0.417. The Bertz CT molecular complexity index is 1120. The van der Waals surface area contributed by atoms with E-state index in [1.54, 1.807) is 24.6 Å². The van der Waals surface area contributed by atoms with Crippen molar-refractivity contribution in [3.63, 3.8) is 0 Å². The fourth-order valence-electron chi connectivity index (χ4n) is 2.51. The van der Waals surface area contributed by atoms with Crippen LogP contribution < -0.4 is 10.1 Å². The van der Waals surface area contributed by atoms with Crippen molar-refractivity contribution in [3.8, 4) is 17.0 Å². The third kappa shape index (κ3) is 4.02. The van der Waals surface area contributed by atoms with E-state index in [1.165, 1.54) is 0 Å². The number of anilines is 1. The van der Waals surface area contributed by atoms with E-state index in [-0.39, 0.29) is 0 Å². The molecular weight excluding hydrogens is 450 g/mol. The lowest BCUT2D eigenvalue weighted by atomic mass is 10.2. The van der Waals surface area contributed by atoms with Crippen LogP contribution in [0.2, 0.25) is 5.02 Å². The third-order valence-corrected chi connectivity index (χ3v) is 5.66. The minimum absolute atomic E-state index is 0.417. The zero-order chi connectivity index (χ0) is 18.8. The van der Waals surface area contributed by atoms with Crippen LogP contribution in [0.15, 0.2) is 47.1 Å². The molecule has 0 bridgehead atoms. The molecule has 27 heavy (non-hydrogen) atoms. The average molecular weight is 463 g/mol. The summed E-state index contributed by atoms with van der Waals surface area (Å²) in [5.41, 5.74) is 2.34. The van der Waals surface area contributed by atoms with Crippen LogP contribution in [0.4, 0.5) is 5.95 Å². The van der Waals surface area contributed by atoms with Gasteiger partial charge in [0, 0.05) is 16.1 Å². The molecule has 1 N–H and O–H groups in total. The van der Waals surface area contributed by atoms with E-state index in [1.807, 2.05) is 36.4 Å². The number of aromatic nitrogens is 4. The predicted molar refractivity (Wildman–Crippen MR) is 111 cm³/mol. The molecule has 0 fully saturated rings. The summed E-state index contributed by atoms with van der Waals surface area (Å²) >= 11 is 11.3. The Balaban J connectivity index is 1.54. The van der Waals surface area contributed by atoms with Gasteiger partial charge in [-0.05, 0) is 30.3 Å². The summed E-state index contributed by atoms with van der Waals surface area (Å²) in [5.74, 6) is 1.21. The number of hydrogen-bond acceptors (Lipinski definition) is 7. The van der Waals surface area contributed by atoms with Gasteiger partial charge in [-0.15, -0.1) is 16.4 Å². The molecule has 0 atom stereocenters. The lowest BCUT2D eigenvalue weighted by Gasteiger charge is -2.06. The Hall–Kier alpha value is -2.29. The monoisotopic (exact) mass is 461 g/mol. The molecule has 6 nitrogen and oxygen atoms in total. The summed E-state index contributed by atoms with van der Waals surface area (Å²) in [6.07, 6.45) is 1.59. The van der Waals surface area contributed by atoms with Crippen molar-refractivity contribution < 1.29 is 4.74 Å². The van der Waals surface area contributed by atoms with Crippen LogP contribution in [0, 0.1) is 0 Å². The number of fused-ring (bicyclic) bond motifs is 1. The van der Waals surface area contributed by atoms with Crippen LogP contribution in [-0.2, 0) is 6.54 Å². The molecule has 4 aromatic rings. The van der Waals surface area contributed by atoms with Crippen LogP contribution in [-0.4, -0.2) is 27.3 Å². The molecule has 136 valence electrons. The molecule has 2 aromatic carbocycles. The van der Waals surface area contributed by atoms with Gasteiger partial charge in [-0.2, -0.15) is 5.10 Å². The van der Waals surface area contributed by atoms with E-state index in [0.717, 1.165) is 31.0 Å². The van der Waals surface area contributed by atoms with E-state index in [9.17, 15) is 0 Å². The smallest absolute Gasteiger partial charge is 0.243 e. The van der Waals surface area contributed by atoms with Crippen molar-refractivity contribution in [3.05, 3.63) is 57.1 Å². The molecule has 9 heteroatoms. The number of nitrogens with zero attached hydrogens (tertiary/aromatic N) is 4. The largest absolute Gasteiger partial charge is 0.497 e. The van der Waals surface area contributed by atoms with Gasteiger partial charge in [-0.1, -0.05) is 27.5 Å². The van der Waals surface area contributed by atoms with Gasteiger partial charge in [-0.25, -0.2) is 9.97 Å². The van der Waals surface area contributed by atoms with Crippen LogP contribution in [0.25, 0.3) is 21.5 Å². The molecule has 4 rings (SSSR count). The number of rotatable bonds is 5. The van der Waals surface area contributed by atoms with Gasteiger partial charge < -0.3 is 10.1 Å². The first-order valence-corrected chi connectivity index (χ1v) is 9.93. The molecule has 2 aromatic heterocycles. The van der Waals surface area contributed by atoms with Gasteiger partial charge in [0.2, 0.25) is 5.95 Å². The Morgan fingerprint density at radius 1 is 1.19 bits per heavy atom. The van der Waals surface area contributed by atoms with Crippen molar-refractivity contribution in [1.82, 2.24) is 20.2 Å². The second kappa shape index (κ2) is 7.75. The van der Waals surface area contributed by atoms with Crippen LogP contribution in [0.1, 0.15) is 5.01 Å². The normalized spacial score (nSPS) is 10.9. The van der Waals surface area contributed by atoms with Gasteiger partial charge >= 0.3 is 0 Å². The number of hydrogen-bond donors (Lipinski definition) is 1. The van der Waals surface area contributed by atoms with Gasteiger partial charge in [0.25, 0.3) is 0 Å². The summed E-state index contributed by atoms with van der Waals surface area (Å²) in [5, 5.41) is 12.8. The highest BCUT2D eigenvalue weighted by Gasteiger charge is 2.10. The maximum absolute atomic E-state index is 6.28. The quantitative estimate of drug-likeness (QED) is 0.440. The molecule has 0 aliphatic rings. The second-order valence-corrected chi connectivity index (χ2v) is 8.02. The summed E-state index contributed by atoms with van der Waals surface area (Å²) in [7, 11) is 1.64. The average Bonchev–Trinajstić information content (AvgIpc) is 3.10. The van der Waals surface area contributed by atoms with Crippen molar-refractivity contribution in [2.45, 2.75) is 6.54 Å². The molecule has 0 aliphatic heterocycles. The Morgan fingerprint density at radius 2 is 2.07 bits per heavy atom. The van der Waals surface area contributed by atoms with E-state index < -0.39 is 0 Å². The maximum Gasteiger partial charge on any atom is 0.243 e. The van der Waals surface area contributed by atoms with Crippen LogP contribution in [0.5, 0.6) is 5.75 Å². The van der Waals surface area contributed by atoms with Gasteiger partial charge in [0.15, 0.2) is 0 Å². The first-order valence-electron chi connectivity index (χ1n) is 7.95. The van der Waals surface area contributed by atoms with Gasteiger partial charge in [0.05, 0.1) is 40.8 Å². The molecule has 0 amide bonds. The summed E-state index contributed by atoms with van der Waals surface area (Å²) in [6, 6.07) is 11.4. The lowest BCUT2D eigenvalue weighted by molar-refractivity contribution is 0.415. The number of nitrogens with one attached hydrogen (secondary N) is 1. The first-order chi connectivity index (χ1) is 13.1. The van der Waals surface area contributed by atoms with Gasteiger partial charge in [0.1, 0.15) is 10.8 Å². The molecule has 0 radical (unpaired) electrons. The number of benzene rings is 2. The third-order valence-electron chi connectivity index (χ3n) is 3.80. The number of ether oxygens (including phenoxy) is 1. The number of halogens is 2. The SMILES string of the molecule is COc1ccc2sc(CNc3nncc(-c4cc(Br)ccc4Cl)n3)nc2c1. The van der Waals surface area contributed by atoms with Crippen molar-refractivity contribution in [2.24, 2.45) is 0 Å². The standard InChI is InChI=1S/C18H13BrClN5OS/c1-26-11-3-5-16-14(7-11)23-17(27-16)9-21-18-24-15(8-22-25-18)12-6-10(19)2-4-13(12)20/h2-8H,9H2,1H3,(H,21,24,25). The van der Waals surface area contributed by atoms with Crippen LogP contribution in [0.3, 0.4) is 0 Å². The molecule has 0 unspecified atom stereocenters. The Morgan fingerprint density at radius 3 is 2.93 bits per heavy atom. The first kappa shape index (κ1) is 18.1. The summed E-state index contributed by atoms with van der Waals surface area (Å²) < 4.78 is 7.26. The summed E-state index contributed by atoms with van der Waals surface area (Å²) in [4.78, 5) is 9.12. The highest BCUT2D eigenvalue weighted by atomic mass is 79.9. The lowest BCUT2D eigenvalue weighted by Crippen LogP contribution is -2.05. The van der Waals surface area contributed by atoms with E-state index >= 15 is 0 Å². The van der Waals surface area contributed by atoms with Crippen molar-refractivity contribution in [2.75, 3.05) is 12.4 Å². The fourth-order valence-corrected chi connectivity index (χ4v) is 3.98. The second-order valence-electron chi connectivity index (χ2n) is 5.58. The summed E-state index contributed by atoms with van der Waals surface area (Å²) in [6.45, 7) is 0.499. The topological polar surface area (TPSA) is 72.8 Å². The molecule has 2 heterocycles. The maximum atomic E-state index is 6.28. The Kier molecular flexibility index (Phi) is 5.20. The number of thiazole rings is 1. The molecule has 0 aliphatic carbocycles. The number of methoxy groups -OCH3 is 1. The molecule has 0 spiro atoms. The van der Waals surface area contributed by atoms with E-state index in [0.29, 0.717) is 23.2 Å². The predicted octanol–water partition coefficient (Wildman–Crippen LogP) is 5.18. The molecular formula is C18H13BrClN5OS. The highest BCUT2D eigenvalue weighted by molar-refractivity contribution is 9.10. The van der Waals surface area contributed by atoms with E-state index in [4.69, 9.17) is 16.3 Å². The fraction of sp³-hybridized carbons (Fsp3) is 0.111. The molecule has 0 saturated carbocycles. The van der Waals surface area contributed by atoms with E-state index in [2.05, 4.69) is 41.4 Å². The zero-order valence-corrected chi connectivity index (χ0v) is 17.3. The van der Waals surface area contributed by atoms with Crippen LogP contribution >= 0.6 is 38.9 Å². The zero-order valence-electron chi connectivity index (χ0n) is 14.1. The van der Waals surface area contributed by atoms with Crippen molar-refractivity contribution >= 4 is 55.0 Å². The van der Waals surface area contributed by atoms with Gasteiger partial charge in [-0.3, -0.25) is 0 Å². The van der Waals surface area contributed by atoms with Crippen molar-refractivity contribution in [1.29, 1.82) is 0 Å². The highest BCUT2D eigenvalue weighted by Crippen LogP contribution is 2.30. The minimum Gasteiger partial charge on any atom is -0.497 e. The Labute approximate surface area is 172 Å². The molecule has 0 saturated heterocycles.